The first kappa shape index (κ1) is 11.5. The van der Waals surface area contributed by atoms with Crippen LogP contribution in [0.3, 0.4) is 0 Å². The number of fused-ring (bicyclic) bond motifs is 2. The minimum atomic E-state index is -0.139. The van der Waals surface area contributed by atoms with Gasteiger partial charge in [0, 0.05) is 6.04 Å². The Morgan fingerprint density at radius 2 is 2.19 bits per heavy atom. The van der Waals surface area contributed by atoms with Gasteiger partial charge in [-0.15, -0.1) is 0 Å². The molecule has 0 aromatic heterocycles. The van der Waals surface area contributed by atoms with Gasteiger partial charge in [-0.2, -0.15) is 0 Å². The van der Waals surface area contributed by atoms with Crippen molar-refractivity contribution in [2.24, 2.45) is 11.8 Å². The summed E-state index contributed by atoms with van der Waals surface area (Å²) >= 11 is 0. The number of hydrogen-bond acceptors (Lipinski definition) is 2. The monoisotopic (exact) mass is 223 g/mol. The van der Waals surface area contributed by atoms with E-state index in [-0.39, 0.29) is 12.1 Å². The second kappa shape index (κ2) is 4.48. The van der Waals surface area contributed by atoms with Gasteiger partial charge in [-0.3, -0.25) is 4.90 Å². The van der Waals surface area contributed by atoms with Gasteiger partial charge in [0.1, 0.15) is 0 Å². The van der Waals surface area contributed by atoms with E-state index in [1.54, 1.807) is 0 Å². The van der Waals surface area contributed by atoms with Crippen LogP contribution >= 0.6 is 0 Å². The molecule has 3 heteroatoms. The van der Waals surface area contributed by atoms with E-state index >= 15 is 0 Å². The van der Waals surface area contributed by atoms with E-state index in [1.807, 2.05) is 11.8 Å². The van der Waals surface area contributed by atoms with Crippen LogP contribution in [-0.4, -0.2) is 29.7 Å². The quantitative estimate of drug-likeness (QED) is 0.674. The maximum absolute atomic E-state index is 12.0. The topological polar surface area (TPSA) is 29.5 Å². The smallest absolute Gasteiger partial charge is 0.410 e. The van der Waals surface area contributed by atoms with Crippen LogP contribution in [0.15, 0.2) is 12.2 Å². The zero-order valence-corrected chi connectivity index (χ0v) is 10.3. The predicted octanol–water partition coefficient (Wildman–Crippen LogP) is 2.82. The zero-order chi connectivity index (χ0) is 11.7. The lowest BCUT2D eigenvalue weighted by Gasteiger charge is -2.49. The summed E-state index contributed by atoms with van der Waals surface area (Å²) in [6.07, 6.45) is 6.61. The van der Waals surface area contributed by atoms with Crippen LogP contribution in [0.2, 0.25) is 0 Å². The van der Waals surface area contributed by atoms with Crippen LogP contribution in [-0.2, 0) is 4.74 Å². The minimum absolute atomic E-state index is 0.139. The molecule has 3 rings (SSSR count). The molecule has 2 bridgehead atoms. The highest BCUT2D eigenvalue weighted by molar-refractivity contribution is 5.69. The number of hydrogen-bond donors (Lipinski definition) is 0. The van der Waals surface area contributed by atoms with Crippen LogP contribution in [0.1, 0.15) is 33.6 Å². The summed E-state index contributed by atoms with van der Waals surface area (Å²) in [6.45, 7) is 6.69. The fourth-order valence-corrected chi connectivity index (χ4v) is 3.04. The average Bonchev–Trinajstić information content (AvgIpc) is 2.29. The van der Waals surface area contributed by atoms with Gasteiger partial charge < -0.3 is 4.74 Å². The van der Waals surface area contributed by atoms with Gasteiger partial charge in [-0.1, -0.05) is 26.0 Å². The molecule has 0 N–H and O–H groups in total. The molecule has 16 heavy (non-hydrogen) atoms. The molecule has 0 radical (unpaired) electrons. The molecule has 1 aliphatic carbocycles. The Hall–Kier alpha value is -0.990. The molecule has 2 heterocycles. The number of ether oxygens (including phenoxy) is 1. The number of amides is 1. The fourth-order valence-electron chi connectivity index (χ4n) is 3.04. The summed E-state index contributed by atoms with van der Waals surface area (Å²) in [5.74, 6) is 1.01. The molecule has 90 valence electrons. The lowest BCUT2D eigenvalue weighted by molar-refractivity contribution is 0.0225. The van der Waals surface area contributed by atoms with Crippen molar-refractivity contribution < 1.29 is 9.53 Å². The van der Waals surface area contributed by atoms with Crippen LogP contribution < -0.4 is 0 Å². The minimum Gasteiger partial charge on any atom is -0.450 e. The van der Waals surface area contributed by atoms with E-state index in [9.17, 15) is 4.79 Å². The highest BCUT2D eigenvalue weighted by Gasteiger charge is 2.43. The normalized spacial score (nSPS) is 32.2. The Balaban J connectivity index is 2.20. The fraction of sp³-hybridized carbons (Fsp3) is 0.769. The van der Waals surface area contributed by atoms with Crippen molar-refractivity contribution >= 4 is 6.09 Å². The molecule has 0 aromatic carbocycles. The molecule has 0 spiro atoms. The van der Waals surface area contributed by atoms with E-state index in [4.69, 9.17) is 4.74 Å². The van der Waals surface area contributed by atoms with Crippen molar-refractivity contribution in [3.05, 3.63) is 12.2 Å². The summed E-state index contributed by atoms with van der Waals surface area (Å²) in [4.78, 5) is 13.9. The van der Waals surface area contributed by atoms with Crippen molar-refractivity contribution in [2.45, 2.75) is 45.7 Å². The molecule has 0 aromatic rings. The Labute approximate surface area is 97.5 Å². The molecule has 1 amide bonds. The van der Waals surface area contributed by atoms with Gasteiger partial charge in [0.15, 0.2) is 0 Å². The first-order valence-electron chi connectivity index (χ1n) is 6.28. The summed E-state index contributed by atoms with van der Waals surface area (Å²) in [5, 5.41) is 0. The first-order valence-corrected chi connectivity index (χ1v) is 6.28. The molecule has 1 saturated heterocycles. The van der Waals surface area contributed by atoms with Gasteiger partial charge in [0.05, 0.1) is 12.6 Å². The first-order chi connectivity index (χ1) is 7.65. The summed E-state index contributed by atoms with van der Waals surface area (Å²) in [6, 6.07) is 0.583. The van der Waals surface area contributed by atoms with Gasteiger partial charge in [-0.25, -0.2) is 4.79 Å². The second-order valence-electron chi connectivity index (χ2n) is 5.03. The number of carbonyl (C=O) groups is 1. The van der Waals surface area contributed by atoms with Gasteiger partial charge >= 0.3 is 6.09 Å². The van der Waals surface area contributed by atoms with Gasteiger partial charge in [0.2, 0.25) is 0 Å². The molecule has 3 atom stereocenters. The van der Waals surface area contributed by atoms with E-state index in [0.717, 1.165) is 6.42 Å². The average molecular weight is 223 g/mol. The van der Waals surface area contributed by atoms with Crippen molar-refractivity contribution in [1.82, 2.24) is 4.90 Å². The third-order valence-corrected chi connectivity index (χ3v) is 3.66. The molecule has 2 aliphatic heterocycles. The second-order valence-corrected chi connectivity index (χ2v) is 5.03. The van der Waals surface area contributed by atoms with Crippen molar-refractivity contribution in [3.63, 3.8) is 0 Å². The molecule has 3 nitrogen and oxygen atoms in total. The Morgan fingerprint density at radius 1 is 1.44 bits per heavy atom. The third-order valence-electron chi connectivity index (χ3n) is 3.66. The Morgan fingerprint density at radius 3 is 2.69 bits per heavy atom. The Kier molecular flexibility index (Phi) is 3.22. The summed E-state index contributed by atoms with van der Waals surface area (Å²) in [7, 11) is 0. The molecule has 3 aliphatic rings. The van der Waals surface area contributed by atoms with Crippen molar-refractivity contribution in [3.8, 4) is 0 Å². The highest BCUT2D eigenvalue weighted by Crippen LogP contribution is 2.38. The summed E-state index contributed by atoms with van der Waals surface area (Å²) < 4.78 is 5.17. The number of nitrogens with zero attached hydrogens (tertiary/aromatic N) is 1. The SMILES string of the molecule is CCOC(=O)N1[C@H]2C=C[C@H](CC2)[C@@H]1C(C)C. The number of rotatable bonds is 2. The summed E-state index contributed by atoms with van der Waals surface area (Å²) in [5.41, 5.74) is 0. The number of piperidine rings is 1. The largest absolute Gasteiger partial charge is 0.450 e. The van der Waals surface area contributed by atoms with Crippen LogP contribution in [0.5, 0.6) is 0 Å². The van der Waals surface area contributed by atoms with Crippen LogP contribution in [0, 0.1) is 11.8 Å². The van der Waals surface area contributed by atoms with E-state index in [2.05, 4.69) is 26.0 Å². The lowest BCUT2D eigenvalue weighted by atomic mass is 9.76. The maximum Gasteiger partial charge on any atom is 0.410 e. The predicted molar refractivity (Wildman–Crippen MR) is 63.1 cm³/mol. The number of carbonyl (C=O) groups excluding carboxylic acids is 1. The van der Waals surface area contributed by atoms with Gasteiger partial charge in [0.25, 0.3) is 0 Å². The highest BCUT2D eigenvalue weighted by atomic mass is 16.6. The van der Waals surface area contributed by atoms with Crippen molar-refractivity contribution in [2.75, 3.05) is 6.61 Å². The van der Waals surface area contributed by atoms with Crippen LogP contribution in [0.4, 0.5) is 4.79 Å². The molecule has 0 unspecified atom stereocenters. The third kappa shape index (κ3) is 1.83. The standard InChI is InChI=1S/C13H21NO2/c1-4-16-13(15)14-11-7-5-10(6-8-11)12(14)9(2)3/h5,7,9-12H,4,6,8H2,1-3H3/t10-,11+,12+/m1/s1. The molecular weight excluding hydrogens is 202 g/mol. The Bertz CT molecular complexity index is 298. The maximum atomic E-state index is 12.0. The molecular formula is C13H21NO2. The van der Waals surface area contributed by atoms with Crippen LogP contribution in [0.25, 0.3) is 0 Å². The molecule has 0 saturated carbocycles. The zero-order valence-electron chi connectivity index (χ0n) is 10.3. The lowest BCUT2D eigenvalue weighted by Crippen LogP contribution is -2.57. The van der Waals surface area contributed by atoms with E-state index in [0.29, 0.717) is 24.5 Å². The molecule has 1 fully saturated rings. The van der Waals surface area contributed by atoms with Crippen molar-refractivity contribution in [1.29, 1.82) is 0 Å². The van der Waals surface area contributed by atoms with E-state index in [1.165, 1.54) is 6.42 Å². The van der Waals surface area contributed by atoms with E-state index < -0.39 is 0 Å². The van der Waals surface area contributed by atoms with Gasteiger partial charge in [-0.05, 0) is 31.6 Å².